The van der Waals surface area contributed by atoms with E-state index >= 15 is 0 Å². The fraction of sp³-hybridized carbons (Fsp3) is 0.167. The second-order valence-corrected chi connectivity index (χ2v) is 4.03. The zero-order valence-corrected chi connectivity index (χ0v) is 9.32. The molecule has 0 unspecified atom stereocenters. The van der Waals surface area contributed by atoms with Crippen LogP contribution in [0.2, 0.25) is 0 Å². The zero-order valence-electron chi connectivity index (χ0n) is 5.57. The van der Waals surface area contributed by atoms with Crippen LogP contribution in [0, 0.1) is 3.57 Å². The van der Waals surface area contributed by atoms with Gasteiger partial charge in [-0.2, -0.15) is 0 Å². The molecule has 12 heavy (non-hydrogen) atoms. The van der Waals surface area contributed by atoms with Crippen LogP contribution in [-0.2, 0) is 0 Å². The summed E-state index contributed by atoms with van der Waals surface area (Å²) in [5.74, 6) is 0. The van der Waals surface area contributed by atoms with Crippen molar-refractivity contribution in [1.82, 2.24) is 4.98 Å². The van der Waals surface area contributed by atoms with Gasteiger partial charge in [-0.25, -0.2) is 8.78 Å². The lowest BCUT2D eigenvalue weighted by molar-refractivity contribution is 0.144. The lowest BCUT2D eigenvalue weighted by Gasteiger charge is -2.02. The number of hydrogen-bond donors (Lipinski definition) is 1. The molecule has 0 bridgehead atoms. The number of H-pyrrole nitrogens is 1. The van der Waals surface area contributed by atoms with Crippen molar-refractivity contribution in [1.29, 1.82) is 0 Å². The van der Waals surface area contributed by atoms with E-state index in [0.717, 1.165) is 0 Å². The summed E-state index contributed by atoms with van der Waals surface area (Å²) in [6, 6.07) is 1.36. The molecule has 1 heterocycles. The molecular weight excluding hydrogens is 347 g/mol. The summed E-state index contributed by atoms with van der Waals surface area (Å²) in [6.45, 7) is 0. The summed E-state index contributed by atoms with van der Waals surface area (Å²) in [4.78, 5) is 12.9. The van der Waals surface area contributed by atoms with E-state index in [-0.39, 0.29) is 10.2 Å². The van der Waals surface area contributed by atoms with Gasteiger partial charge in [-0.1, -0.05) is 0 Å². The van der Waals surface area contributed by atoms with Crippen LogP contribution in [0.15, 0.2) is 15.3 Å². The normalized spacial score (nSPS) is 10.8. The lowest BCUT2D eigenvalue weighted by Crippen LogP contribution is -2.11. The molecule has 6 heteroatoms. The number of aromatic amines is 1. The molecule has 0 atom stereocenters. The van der Waals surface area contributed by atoms with Crippen LogP contribution in [0.4, 0.5) is 8.78 Å². The highest BCUT2D eigenvalue weighted by Gasteiger charge is 2.13. The third-order valence-electron chi connectivity index (χ3n) is 1.19. The van der Waals surface area contributed by atoms with Gasteiger partial charge in [-0.05, 0) is 44.6 Å². The SMILES string of the molecule is O=c1[nH]c(C(F)F)c(I)cc1Br. The van der Waals surface area contributed by atoms with E-state index in [0.29, 0.717) is 3.57 Å². The van der Waals surface area contributed by atoms with Gasteiger partial charge in [0.25, 0.3) is 12.0 Å². The predicted molar refractivity (Wildman–Crippen MR) is 52.4 cm³/mol. The zero-order chi connectivity index (χ0) is 9.30. The van der Waals surface area contributed by atoms with Crippen molar-refractivity contribution in [3.05, 3.63) is 30.2 Å². The Kier molecular flexibility index (Phi) is 3.22. The van der Waals surface area contributed by atoms with E-state index in [2.05, 4.69) is 20.9 Å². The van der Waals surface area contributed by atoms with Crippen LogP contribution in [0.5, 0.6) is 0 Å². The monoisotopic (exact) mass is 349 g/mol. The van der Waals surface area contributed by atoms with Crippen molar-refractivity contribution in [2.24, 2.45) is 0 Å². The van der Waals surface area contributed by atoms with Gasteiger partial charge in [-0.15, -0.1) is 0 Å². The minimum absolute atomic E-state index is 0.260. The fourth-order valence-electron chi connectivity index (χ4n) is 0.655. The van der Waals surface area contributed by atoms with Gasteiger partial charge in [0.05, 0.1) is 10.2 Å². The van der Waals surface area contributed by atoms with Crippen LogP contribution in [0.25, 0.3) is 0 Å². The van der Waals surface area contributed by atoms with E-state index in [1.165, 1.54) is 6.07 Å². The summed E-state index contributed by atoms with van der Waals surface area (Å²) in [5, 5.41) is 0. The van der Waals surface area contributed by atoms with Crippen molar-refractivity contribution in [3.63, 3.8) is 0 Å². The van der Waals surface area contributed by atoms with E-state index < -0.39 is 12.0 Å². The Bertz CT molecular complexity index is 352. The third kappa shape index (κ3) is 2.03. The van der Waals surface area contributed by atoms with Gasteiger partial charge < -0.3 is 4.98 Å². The highest BCUT2D eigenvalue weighted by molar-refractivity contribution is 14.1. The third-order valence-corrected chi connectivity index (χ3v) is 2.68. The van der Waals surface area contributed by atoms with Crippen molar-refractivity contribution in [3.8, 4) is 0 Å². The fourth-order valence-corrected chi connectivity index (χ4v) is 2.09. The molecular formula is C6H3BrF2INO. The Morgan fingerprint density at radius 2 is 2.17 bits per heavy atom. The average molecular weight is 350 g/mol. The van der Waals surface area contributed by atoms with Crippen LogP contribution in [0.3, 0.4) is 0 Å². The maximum Gasteiger partial charge on any atom is 0.279 e. The van der Waals surface area contributed by atoms with Crippen LogP contribution >= 0.6 is 38.5 Å². The van der Waals surface area contributed by atoms with Crippen LogP contribution in [-0.4, -0.2) is 4.98 Å². The Hall–Kier alpha value is 0.0200. The number of nitrogens with one attached hydrogen (secondary N) is 1. The van der Waals surface area contributed by atoms with Crippen molar-refractivity contribution < 1.29 is 8.78 Å². The van der Waals surface area contributed by atoms with Crippen LogP contribution < -0.4 is 5.56 Å². The standard InChI is InChI=1S/C6H3BrF2INO/c7-2-1-3(10)4(5(8)9)11-6(2)12/h1,5H,(H,11,12). The molecule has 0 aliphatic carbocycles. The number of rotatable bonds is 1. The van der Waals surface area contributed by atoms with Gasteiger partial charge in [0, 0.05) is 3.57 Å². The first-order chi connectivity index (χ1) is 5.52. The van der Waals surface area contributed by atoms with Gasteiger partial charge in [0.1, 0.15) is 0 Å². The first-order valence-corrected chi connectivity index (χ1v) is 4.76. The van der Waals surface area contributed by atoms with Gasteiger partial charge in [0.2, 0.25) is 0 Å². The Morgan fingerprint density at radius 1 is 1.58 bits per heavy atom. The number of alkyl halides is 2. The van der Waals surface area contributed by atoms with Crippen molar-refractivity contribution in [2.45, 2.75) is 6.43 Å². The Morgan fingerprint density at radius 3 is 2.67 bits per heavy atom. The molecule has 0 spiro atoms. The predicted octanol–water partition coefficient (Wildman–Crippen LogP) is 2.68. The molecule has 0 radical (unpaired) electrons. The molecule has 0 aliphatic rings. The summed E-state index contributed by atoms with van der Waals surface area (Å²) >= 11 is 4.67. The minimum atomic E-state index is -2.64. The lowest BCUT2D eigenvalue weighted by atomic mass is 10.4. The molecule has 0 aliphatic heterocycles. The molecule has 0 saturated heterocycles. The maximum atomic E-state index is 12.1. The quantitative estimate of drug-likeness (QED) is 0.777. The highest BCUT2D eigenvalue weighted by Crippen LogP contribution is 2.22. The molecule has 66 valence electrons. The number of hydrogen-bond acceptors (Lipinski definition) is 1. The summed E-state index contributed by atoms with van der Waals surface area (Å²) in [6.07, 6.45) is -2.64. The highest BCUT2D eigenvalue weighted by atomic mass is 127. The number of aromatic nitrogens is 1. The molecule has 0 fully saturated rings. The van der Waals surface area contributed by atoms with Gasteiger partial charge >= 0.3 is 0 Å². The largest absolute Gasteiger partial charge is 0.319 e. The minimum Gasteiger partial charge on any atom is -0.319 e. The average Bonchev–Trinajstić information content (AvgIpc) is 1.96. The summed E-state index contributed by atoms with van der Waals surface area (Å²) in [5.41, 5.74) is -0.866. The molecule has 1 aromatic heterocycles. The van der Waals surface area contributed by atoms with Crippen molar-refractivity contribution >= 4 is 38.5 Å². The first kappa shape index (κ1) is 10.1. The Balaban J connectivity index is 3.33. The smallest absolute Gasteiger partial charge is 0.279 e. The molecule has 0 saturated carbocycles. The van der Waals surface area contributed by atoms with Gasteiger partial charge in [-0.3, -0.25) is 4.79 Å². The number of halogens is 4. The molecule has 0 amide bonds. The second kappa shape index (κ2) is 3.82. The van der Waals surface area contributed by atoms with Crippen LogP contribution in [0.1, 0.15) is 12.1 Å². The van der Waals surface area contributed by atoms with Crippen molar-refractivity contribution in [2.75, 3.05) is 0 Å². The van der Waals surface area contributed by atoms with Gasteiger partial charge in [0.15, 0.2) is 0 Å². The van der Waals surface area contributed by atoms with E-state index in [9.17, 15) is 13.6 Å². The molecule has 1 aromatic rings. The number of pyridine rings is 1. The topological polar surface area (TPSA) is 32.9 Å². The van der Waals surface area contributed by atoms with E-state index in [4.69, 9.17) is 0 Å². The Labute approximate surface area is 88.6 Å². The molecule has 0 aromatic carbocycles. The molecule has 2 nitrogen and oxygen atoms in total. The summed E-state index contributed by atoms with van der Waals surface area (Å²) in [7, 11) is 0. The van der Waals surface area contributed by atoms with E-state index in [1.54, 1.807) is 22.6 Å². The summed E-state index contributed by atoms with van der Waals surface area (Å²) < 4.78 is 24.9. The maximum absolute atomic E-state index is 12.1. The van der Waals surface area contributed by atoms with E-state index in [1.807, 2.05) is 0 Å². The molecule has 1 rings (SSSR count). The first-order valence-electron chi connectivity index (χ1n) is 2.88. The second-order valence-electron chi connectivity index (χ2n) is 2.01. The molecule has 1 N–H and O–H groups in total.